The number of benzene rings is 4. The molecule has 8 heteroatoms. The maximum atomic E-state index is 13.1. The smallest absolute Gasteiger partial charge is 0.336 e. The Labute approximate surface area is 313 Å². The summed E-state index contributed by atoms with van der Waals surface area (Å²) >= 11 is 0. The third kappa shape index (κ3) is 9.82. The van der Waals surface area contributed by atoms with Gasteiger partial charge in [0.05, 0.1) is 24.3 Å². The molecule has 0 aliphatic carbocycles. The van der Waals surface area contributed by atoms with E-state index in [-0.39, 0.29) is 6.61 Å². The van der Waals surface area contributed by atoms with Gasteiger partial charge in [-0.1, -0.05) is 101 Å². The summed E-state index contributed by atoms with van der Waals surface area (Å²) in [6, 6.07) is 26.7. The van der Waals surface area contributed by atoms with Crippen LogP contribution in [0.3, 0.4) is 0 Å². The summed E-state index contributed by atoms with van der Waals surface area (Å²) in [5, 5.41) is 0. The van der Waals surface area contributed by atoms with Crippen molar-refractivity contribution < 1.29 is 38.3 Å². The minimum absolute atomic E-state index is 0.226. The summed E-state index contributed by atoms with van der Waals surface area (Å²) in [5.74, 6) is 3.41. The molecule has 0 radical (unpaired) electrons. The van der Waals surface area contributed by atoms with E-state index in [0.717, 1.165) is 53.2 Å². The Bertz CT molecular complexity index is 1820. The number of hydrogen-bond donors (Lipinski definition) is 0. The first-order valence-corrected chi connectivity index (χ1v) is 18.9. The van der Waals surface area contributed by atoms with E-state index in [4.69, 9.17) is 33.5 Å². The first kappa shape index (κ1) is 37.5. The van der Waals surface area contributed by atoms with Crippen LogP contribution in [0, 0.1) is 0 Å². The van der Waals surface area contributed by atoms with Gasteiger partial charge in [-0.15, -0.1) is 0 Å². The minimum atomic E-state index is -0.757. The zero-order chi connectivity index (χ0) is 36.7. The highest BCUT2D eigenvalue weighted by atomic mass is 17.2. The number of ether oxygens (including phenoxy) is 5. The highest BCUT2D eigenvalue weighted by Gasteiger charge is 2.53. The van der Waals surface area contributed by atoms with Crippen LogP contribution >= 0.6 is 0 Å². The van der Waals surface area contributed by atoms with Crippen molar-refractivity contribution in [2.75, 3.05) is 33.0 Å². The number of fused-ring (bicyclic) bond motifs is 4. The quantitative estimate of drug-likeness (QED) is 0.0223. The molecule has 1 spiro atoms. The topological polar surface area (TPSA) is 81.7 Å². The molecule has 53 heavy (non-hydrogen) atoms. The second-order valence-corrected chi connectivity index (χ2v) is 13.4. The van der Waals surface area contributed by atoms with Crippen molar-refractivity contribution in [2.24, 2.45) is 0 Å². The summed E-state index contributed by atoms with van der Waals surface area (Å²) in [7, 11) is 0. The van der Waals surface area contributed by atoms with Crippen LogP contribution in [-0.2, 0) is 15.1 Å². The Morgan fingerprint density at radius 3 is 1.79 bits per heavy atom. The lowest BCUT2D eigenvalue weighted by Crippen LogP contribution is -2.32. The van der Waals surface area contributed by atoms with Crippen LogP contribution in [0.2, 0.25) is 0 Å². The highest BCUT2D eigenvalue weighted by Crippen LogP contribution is 2.56. The van der Waals surface area contributed by atoms with E-state index in [1.807, 2.05) is 91.0 Å². The largest absolute Gasteiger partial charge is 0.494 e. The second kappa shape index (κ2) is 19.0. The lowest BCUT2D eigenvalue weighted by atomic mass is 9.77. The number of carbonyl (C=O) groups is 1. The van der Waals surface area contributed by atoms with E-state index in [1.165, 1.54) is 44.6 Å². The second-order valence-electron chi connectivity index (χ2n) is 13.4. The SMILES string of the molecule is CCCCCCOc1ccc(/C=C/COOc2cccc3c2C2(CO3)COc3cccc(OC(=O)/C=C/c4ccc(OCCCCCC)cc4)c32)cc1. The fourth-order valence-electron chi connectivity index (χ4n) is 6.63. The van der Waals surface area contributed by atoms with Crippen molar-refractivity contribution in [3.8, 4) is 34.5 Å². The van der Waals surface area contributed by atoms with Crippen molar-refractivity contribution in [1.82, 2.24) is 0 Å². The molecule has 4 aromatic carbocycles. The van der Waals surface area contributed by atoms with Crippen molar-refractivity contribution in [1.29, 1.82) is 0 Å². The van der Waals surface area contributed by atoms with Gasteiger partial charge in [0.25, 0.3) is 0 Å². The molecule has 8 nitrogen and oxygen atoms in total. The highest BCUT2D eigenvalue weighted by molar-refractivity contribution is 5.89. The van der Waals surface area contributed by atoms with Gasteiger partial charge in [0, 0.05) is 6.08 Å². The molecule has 6 rings (SSSR count). The van der Waals surface area contributed by atoms with E-state index < -0.39 is 11.4 Å². The molecular formula is C45H50O8. The number of hydrogen-bond acceptors (Lipinski definition) is 8. The Hall–Kier alpha value is -5.21. The molecule has 0 saturated heterocycles. The first-order chi connectivity index (χ1) is 26.1. The number of esters is 1. The number of carbonyl (C=O) groups excluding carboxylic acids is 1. The van der Waals surface area contributed by atoms with Crippen LogP contribution < -0.4 is 28.6 Å². The zero-order valence-corrected chi connectivity index (χ0v) is 30.9. The van der Waals surface area contributed by atoms with Gasteiger partial charge in [0.2, 0.25) is 0 Å². The van der Waals surface area contributed by atoms with E-state index in [9.17, 15) is 4.79 Å². The van der Waals surface area contributed by atoms with Crippen LogP contribution in [0.1, 0.15) is 87.5 Å². The average Bonchev–Trinajstić information content (AvgIpc) is 3.76. The Morgan fingerprint density at radius 2 is 1.21 bits per heavy atom. The van der Waals surface area contributed by atoms with Crippen molar-refractivity contribution in [2.45, 2.75) is 70.6 Å². The monoisotopic (exact) mass is 718 g/mol. The molecule has 2 aliphatic rings. The van der Waals surface area contributed by atoms with Crippen molar-refractivity contribution in [3.05, 3.63) is 119 Å². The van der Waals surface area contributed by atoms with E-state index >= 15 is 0 Å². The maximum absolute atomic E-state index is 13.1. The van der Waals surface area contributed by atoms with E-state index in [2.05, 4.69) is 13.8 Å². The van der Waals surface area contributed by atoms with Crippen LogP contribution in [0.4, 0.5) is 0 Å². The molecule has 0 N–H and O–H groups in total. The van der Waals surface area contributed by atoms with Gasteiger partial charge < -0.3 is 28.6 Å². The molecule has 4 aromatic rings. The number of rotatable bonds is 20. The third-order valence-electron chi connectivity index (χ3n) is 9.42. The van der Waals surface area contributed by atoms with Crippen LogP contribution in [0.5, 0.6) is 34.5 Å². The summed E-state index contributed by atoms with van der Waals surface area (Å²) < 4.78 is 30.0. The van der Waals surface area contributed by atoms with Crippen LogP contribution in [-0.4, -0.2) is 39.0 Å². The maximum Gasteiger partial charge on any atom is 0.336 e. The van der Waals surface area contributed by atoms with Gasteiger partial charge in [-0.3, -0.25) is 0 Å². The minimum Gasteiger partial charge on any atom is -0.494 e. The first-order valence-electron chi connectivity index (χ1n) is 18.9. The summed E-state index contributed by atoms with van der Waals surface area (Å²) in [5.41, 5.74) is 2.68. The fourth-order valence-corrected chi connectivity index (χ4v) is 6.63. The predicted molar refractivity (Wildman–Crippen MR) is 207 cm³/mol. The lowest BCUT2D eigenvalue weighted by Gasteiger charge is -2.23. The van der Waals surface area contributed by atoms with Gasteiger partial charge in [-0.05, 0) is 78.6 Å². The molecule has 2 aliphatic heterocycles. The lowest BCUT2D eigenvalue weighted by molar-refractivity contribution is -0.196. The third-order valence-corrected chi connectivity index (χ3v) is 9.42. The Kier molecular flexibility index (Phi) is 13.5. The average molecular weight is 719 g/mol. The van der Waals surface area contributed by atoms with Crippen LogP contribution in [0.25, 0.3) is 12.2 Å². The summed E-state index contributed by atoms with van der Waals surface area (Å²) in [6.07, 6.45) is 16.4. The normalized spacial score (nSPS) is 15.7. The standard InChI is InChI=1S/C45H50O8/c1-3-5-7-9-29-47-36-24-19-34(20-25-36)14-13-31-51-53-41-18-12-16-39-44(41)45(33-50-39)32-49-38-15-11-17-40(43(38)45)52-42(46)28-23-35-21-26-37(27-22-35)48-30-10-8-6-4-2/h11-28H,3-10,29-33H2,1-2H3/b14-13+,28-23+. The van der Waals surface area contributed by atoms with E-state index in [0.29, 0.717) is 42.8 Å². The molecule has 0 saturated carbocycles. The van der Waals surface area contributed by atoms with Gasteiger partial charge >= 0.3 is 5.97 Å². The number of unbranched alkanes of at least 4 members (excludes halogenated alkanes) is 6. The molecule has 0 fully saturated rings. The molecule has 1 atom stereocenters. The Morgan fingerprint density at radius 1 is 0.660 bits per heavy atom. The molecule has 0 bridgehead atoms. The Balaban J connectivity index is 1.06. The summed E-state index contributed by atoms with van der Waals surface area (Å²) in [6.45, 7) is 6.66. The van der Waals surface area contributed by atoms with Crippen molar-refractivity contribution in [3.63, 3.8) is 0 Å². The molecule has 0 aromatic heterocycles. The summed E-state index contributed by atoms with van der Waals surface area (Å²) in [4.78, 5) is 24.7. The van der Waals surface area contributed by atoms with Crippen molar-refractivity contribution >= 4 is 18.1 Å². The van der Waals surface area contributed by atoms with E-state index in [1.54, 1.807) is 12.1 Å². The van der Waals surface area contributed by atoms with Crippen LogP contribution in [0.15, 0.2) is 97.1 Å². The fraction of sp³-hybridized carbons (Fsp3) is 0.356. The van der Waals surface area contributed by atoms with Gasteiger partial charge in [-0.2, -0.15) is 4.89 Å². The van der Waals surface area contributed by atoms with Gasteiger partial charge in [0.15, 0.2) is 5.75 Å². The molecule has 0 amide bonds. The predicted octanol–water partition coefficient (Wildman–Crippen LogP) is 10.3. The van der Waals surface area contributed by atoms with Gasteiger partial charge in [0.1, 0.15) is 54.0 Å². The molecular weight excluding hydrogens is 668 g/mol. The molecule has 2 heterocycles. The zero-order valence-electron chi connectivity index (χ0n) is 30.9. The molecule has 278 valence electrons. The molecule has 1 unspecified atom stereocenters. The van der Waals surface area contributed by atoms with Gasteiger partial charge in [-0.25, -0.2) is 4.79 Å².